The fourth-order valence-electron chi connectivity index (χ4n) is 1.56. The smallest absolute Gasteiger partial charge is 0.251 e. The zero-order chi connectivity index (χ0) is 13.1. The number of carbonyl (C=O) groups excluding carboxylic acids is 1. The number of benzene rings is 1. The highest BCUT2D eigenvalue weighted by molar-refractivity contribution is 7.09. The van der Waals surface area contributed by atoms with Crippen molar-refractivity contribution < 1.29 is 9.90 Å². The Kier molecular flexibility index (Phi) is 3.62. The second-order valence-electron chi connectivity index (χ2n) is 4.07. The van der Waals surface area contributed by atoms with Gasteiger partial charge in [-0.2, -0.15) is 0 Å². The fraction of sp³-hybridized carbons (Fsp3) is 0.231. The molecule has 2 N–H and O–H groups in total. The number of aromatic hydroxyl groups is 1. The second-order valence-corrected chi connectivity index (χ2v) is 4.96. The molecule has 1 aromatic heterocycles. The molecule has 4 nitrogen and oxygen atoms in total. The molecule has 0 saturated carbocycles. The first-order valence-electron chi connectivity index (χ1n) is 5.58. The summed E-state index contributed by atoms with van der Waals surface area (Å²) in [7, 11) is 0. The number of thiazole rings is 1. The van der Waals surface area contributed by atoms with Gasteiger partial charge in [0.15, 0.2) is 0 Å². The van der Waals surface area contributed by atoms with Crippen molar-refractivity contribution in [1.82, 2.24) is 10.3 Å². The minimum atomic E-state index is -0.216. The highest BCUT2D eigenvalue weighted by Gasteiger charge is 2.14. The molecule has 0 radical (unpaired) electrons. The van der Waals surface area contributed by atoms with Gasteiger partial charge in [-0.25, -0.2) is 4.98 Å². The van der Waals surface area contributed by atoms with E-state index in [1.54, 1.807) is 12.1 Å². The molecule has 94 valence electrons. The number of nitrogens with one attached hydrogen (secondary N) is 1. The van der Waals surface area contributed by atoms with Crippen LogP contribution in [0.15, 0.2) is 29.6 Å². The third-order valence-electron chi connectivity index (χ3n) is 2.46. The molecule has 0 bridgehead atoms. The second kappa shape index (κ2) is 5.18. The molecule has 0 aliphatic rings. The van der Waals surface area contributed by atoms with Gasteiger partial charge in [-0.3, -0.25) is 4.79 Å². The lowest BCUT2D eigenvalue weighted by molar-refractivity contribution is 0.0939. The summed E-state index contributed by atoms with van der Waals surface area (Å²) in [5.74, 6) is -0.133. The van der Waals surface area contributed by atoms with Gasteiger partial charge in [-0.15, -0.1) is 11.3 Å². The van der Waals surface area contributed by atoms with Crippen LogP contribution in [0.5, 0.6) is 5.75 Å². The molecule has 0 fully saturated rings. The fourth-order valence-corrected chi connectivity index (χ4v) is 2.36. The van der Waals surface area contributed by atoms with Crippen molar-refractivity contribution in [1.29, 1.82) is 0 Å². The van der Waals surface area contributed by atoms with Crippen molar-refractivity contribution in [2.24, 2.45) is 0 Å². The quantitative estimate of drug-likeness (QED) is 0.894. The molecule has 1 atom stereocenters. The van der Waals surface area contributed by atoms with Crippen LogP contribution < -0.4 is 5.32 Å². The lowest BCUT2D eigenvalue weighted by Gasteiger charge is -2.11. The minimum absolute atomic E-state index is 0.0837. The normalized spacial score (nSPS) is 12.1. The summed E-state index contributed by atoms with van der Waals surface area (Å²) in [6, 6.07) is 6.13. The van der Waals surface area contributed by atoms with Gasteiger partial charge in [-0.1, -0.05) is 6.07 Å². The van der Waals surface area contributed by atoms with E-state index in [0.29, 0.717) is 5.56 Å². The number of phenolic OH excluding ortho intramolecular Hbond substituents is 1. The van der Waals surface area contributed by atoms with Crippen LogP contribution in [0.4, 0.5) is 0 Å². The number of hydrogen-bond donors (Lipinski definition) is 2. The minimum Gasteiger partial charge on any atom is -0.508 e. The van der Waals surface area contributed by atoms with E-state index in [0.717, 1.165) is 10.7 Å². The maximum Gasteiger partial charge on any atom is 0.251 e. The highest BCUT2D eigenvalue weighted by Crippen LogP contribution is 2.18. The molecular weight excluding hydrogens is 248 g/mol. The molecule has 2 aromatic rings. The Morgan fingerprint density at radius 3 is 2.89 bits per heavy atom. The number of rotatable bonds is 3. The Morgan fingerprint density at radius 1 is 1.50 bits per heavy atom. The van der Waals surface area contributed by atoms with Gasteiger partial charge in [-0.05, 0) is 32.0 Å². The standard InChI is InChI=1S/C13H14N2O2S/c1-8-7-18-13(14-8)9(2)15-12(17)10-4-3-5-11(16)6-10/h3-7,9,16H,1-2H3,(H,15,17). The molecule has 1 amide bonds. The van der Waals surface area contributed by atoms with Crippen LogP contribution in [0.3, 0.4) is 0 Å². The molecule has 0 saturated heterocycles. The number of hydrogen-bond acceptors (Lipinski definition) is 4. The number of amides is 1. The number of phenols is 1. The lowest BCUT2D eigenvalue weighted by atomic mass is 10.2. The number of aryl methyl sites for hydroxylation is 1. The summed E-state index contributed by atoms with van der Waals surface area (Å²) in [5, 5.41) is 15.0. The van der Waals surface area contributed by atoms with Crippen LogP contribution in [0, 0.1) is 6.92 Å². The van der Waals surface area contributed by atoms with E-state index in [1.165, 1.54) is 23.5 Å². The van der Waals surface area contributed by atoms with Crippen molar-refractivity contribution in [3.63, 3.8) is 0 Å². The maximum atomic E-state index is 11.9. The van der Waals surface area contributed by atoms with Crippen molar-refractivity contribution in [3.05, 3.63) is 45.9 Å². The summed E-state index contributed by atoms with van der Waals surface area (Å²) < 4.78 is 0. The summed E-state index contributed by atoms with van der Waals surface area (Å²) in [6.45, 7) is 3.81. The summed E-state index contributed by atoms with van der Waals surface area (Å²) >= 11 is 1.52. The summed E-state index contributed by atoms with van der Waals surface area (Å²) in [4.78, 5) is 16.3. The van der Waals surface area contributed by atoms with E-state index in [1.807, 2.05) is 19.2 Å². The molecule has 1 aromatic carbocycles. The van der Waals surface area contributed by atoms with Crippen LogP contribution in [-0.2, 0) is 0 Å². The predicted octanol–water partition coefficient (Wildman–Crippen LogP) is 2.65. The highest BCUT2D eigenvalue weighted by atomic mass is 32.1. The third kappa shape index (κ3) is 2.87. The largest absolute Gasteiger partial charge is 0.508 e. The molecule has 0 spiro atoms. The number of carbonyl (C=O) groups is 1. The first kappa shape index (κ1) is 12.6. The van der Waals surface area contributed by atoms with E-state index in [4.69, 9.17) is 0 Å². The van der Waals surface area contributed by atoms with Crippen LogP contribution in [0.1, 0.15) is 34.0 Å². The van der Waals surface area contributed by atoms with Crippen molar-refractivity contribution in [2.45, 2.75) is 19.9 Å². The van der Waals surface area contributed by atoms with E-state index in [2.05, 4.69) is 10.3 Å². The maximum absolute atomic E-state index is 11.9. The average molecular weight is 262 g/mol. The van der Waals surface area contributed by atoms with Crippen LogP contribution in [-0.4, -0.2) is 16.0 Å². The van der Waals surface area contributed by atoms with Gasteiger partial charge in [0, 0.05) is 16.6 Å². The zero-order valence-corrected chi connectivity index (χ0v) is 11.0. The van der Waals surface area contributed by atoms with E-state index < -0.39 is 0 Å². The van der Waals surface area contributed by atoms with E-state index in [-0.39, 0.29) is 17.7 Å². The van der Waals surface area contributed by atoms with Crippen molar-refractivity contribution in [2.75, 3.05) is 0 Å². The van der Waals surface area contributed by atoms with Gasteiger partial charge in [0.2, 0.25) is 0 Å². The van der Waals surface area contributed by atoms with E-state index in [9.17, 15) is 9.90 Å². The number of aromatic nitrogens is 1. The Hall–Kier alpha value is -1.88. The Labute approximate surface area is 109 Å². The Balaban J connectivity index is 2.08. The van der Waals surface area contributed by atoms with Crippen molar-refractivity contribution >= 4 is 17.2 Å². The van der Waals surface area contributed by atoms with Gasteiger partial charge in [0.25, 0.3) is 5.91 Å². The topological polar surface area (TPSA) is 62.2 Å². The molecule has 2 rings (SSSR count). The molecule has 18 heavy (non-hydrogen) atoms. The third-order valence-corrected chi connectivity index (χ3v) is 3.61. The first-order valence-corrected chi connectivity index (χ1v) is 6.46. The zero-order valence-electron chi connectivity index (χ0n) is 10.2. The first-order chi connectivity index (χ1) is 8.56. The molecule has 0 aliphatic carbocycles. The van der Waals surface area contributed by atoms with Crippen LogP contribution >= 0.6 is 11.3 Å². The van der Waals surface area contributed by atoms with E-state index >= 15 is 0 Å². The van der Waals surface area contributed by atoms with Gasteiger partial charge >= 0.3 is 0 Å². The van der Waals surface area contributed by atoms with Gasteiger partial charge in [0.1, 0.15) is 10.8 Å². The van der Waals surface area contributed by atoms with Crippen LogP contribution in [0.25, 0.3) is 0 Å². The molecular formula is C13H14N2O2S. The molecule has 1 unspecified atom stereocenters. The Bertz CT molecular complexity index is 566. The lowest BCUT2D eigenvalue weighted by Crippen LogP contribution is -2.26. The van der Waals surface area contributed by atoms with Crippen LogP contribution in [0.2, 0.25) is 0 Å². The Morgan fingerprint density at radius 2 is 2.28 bits per heavy atom. The predicted molar refractivity (Wildman–Crippen MR) is 70.8 cm³/mol. The van der Waals surface area contributed by atoms with Gasteiger partial charge in [0.05, 0.1) is 6.04 Å². The van der Waals surface area contributed by atoms with Gasteiger partial charge < -0.3 is 10.4 Å². The molecule has 5 heteroatoms. The SMILES string of the molecule is Cc1csc(C(C)NC(=O)c2cccc(O)c2)n1. The average Bonchev–Trinajstić information content (AvgIpc) is 2.76. The monoisotopic (exact) mass is 262 g/mol. The molecule has 0 aliphatic heterocycles. The molecule has 1 heterocycles. The van der Waals surface area contributed by atoms with Crippen molar-refractivity contribution in [3.8, 4) is 5.75 Å². The summed E-state index contributed by atoms with van der Waals surface area (Å²) in [5.41, 5.74) is 1.39. The summed E-state index contributed by atoms with van der Waals surface area (Å²) in [6.07, 6.45) is 0. The number of nitrogens with zero attached hydrogens (tertiary/aromatic N) is 1.